The van der Waals surface area contributed by atoms with E-state index in [4.69, 9.17) is 25.8 Å². The zero-order valence-electron chi connectivity index (χ0n) is 9.41. The quantitative estimate of drug-likeness (QED) is 0.491. The van der Waals surface area contributed by atoms with Gasteiger partial charge in [0, 0.05) is 20.1 Å². The van der Waals surface area contributed by atoms with Crippen LogP contribution in [-0.4, -0.2) is 41.8 Å². The third-order valence-corrected chi connectivity index (χ3v) is 8.88. The van der Waals surface area contributed by atoms with Gasteiger partial charge in [0.1, 0.15) is 9.04 Å². The molecule has 0 saturated carbocycles. The van der Waals surface area contributed by atoms with Crippen LogP contribution in [0.25, 0.3) is 0 Å². The first kappa shape index (κ1) is 14.2. The zero-order chi connectivity index (χ0) is 11.0. The molecule has 0 N–H and O–H groups in total. The molecule has 3 nitrogen and oxygen atoms in total. The molecular formula is C8H20O3SSi2. The number of ether oxygens (including phenoxy) is 1. The van der Waals surface area contributed by atoms with Gasteiger partial charge in [0.2, 0.25) is 0 Å². The van der Waals surface area contributed by atoms with Gasteiger partial charge in [0.25, 0.3) is 8.80 Å². The fraction of sp³-hybridized carbons (Fsp3) is 0.875. The van der Waals surface area contributed by atoms with Crippen LogP contribution < -0.4 is 0 Å². The van der Waals surface area contributed by atoms with Gasteiger partial charge in [-0.05, 0) is 33.0 Å². The lowest BCUT2D eigenvalue weighted by Crippen LogP contribution is -2.38. The van der Waals surface area contributed by atoms with E-state index in [1.54, 1.807) is 6.92 Å². The summed E-state index contributed by atoms with van der Waals surface area (Å²) in [4.78, 5) is 0. The average molecular weight is 252 g/mol. The molecule has 14 heavy (non-hydrogen) atoms. The Labute approximate surface area is 95.6 Å². The minimum Gasteiger partial charge on any atom is -0.489 e. The van der Waals surface area contributed by atoms with E-state index in [0.717, 1.165) is 13.2 Å². The van der Waals surface area contributed by atoms with Crippen LogP contribution in [0.3, 0.4) is 0 Å². The van der Waals surface area contributed by atoms with E-state index in [-0.39, 0.29) is 5.73 Å². The fourth-order valence-electron chi connectivity index (χ4n) is 1.16. The summed E-state index contributed by atoms with van der Waals surface area (Å²) in [5, 5.41) is 0.616. The van der Waals surface area contributed by atoms with Crippen LogP contribution in [-0.2, 0) is 13.6 Å². The first-order valence-corrected chi connectivity index (χ1v) is 10.4. The molecule has 0 heterocycles. The van der Waals surface area contributed by atoms with Crippen LogP contribution in [0, 0.1) is 0 Å². The van der Waals surface area contributed by atoms with Gasteiger partial charge in [0.15, 0.2) is 5.05 Å². The molecule has 1 atom stereocenters. The van der Waals surface area contributed by atoms with Crippen molar-refractivity contribution in [2.75, 3.05) is 13.2 Å². The summed E-state index contributed by atoms with van der Waals surface area (Å²) in [7, 11) is -1.83. The predicted molar refractivity (Wildman–Crippen MR) is 67.8 cm³/mol. The topological polar surface area (TPSA) is 27.7 Å². The Bertz CT molecular complexity index is 163. The van der Waals surface area contributed by atoms with Crippen molar-refractivity contribution in [1.29, 1.82) is 0 Å². The standard InChI is InChI=1S/C8H20O3SSi2/c1-5-9-14(10-6-2)13-8(4)11-7(3)12/h8,14H,5-6,13H2,1-4H3. The molecule has 0 aromatic heterocycles. The van der Waals surface area contributed by atoms with Crippen molar-refractivity contribution >= 4 is 35.1 Å². The van der Waals surface area contributed by atoms with Gasteiger partial charge in [-0.1, -0.05) is 0 Å². The highest BCUT2D eigenvalue weighted by atomic mass is 32.1. The Morgan fingerprint density at radius 2 is 1.86 bits per heavy atom. The summed E-state index contributed by atoms with van der Waals surface area (Å²) in [6.45, 7) is 9.35. The molecule has 0 bridgehead atoms. The Balaban J connectivity index is 3.81. The molecular weight excluding hydrogens is 232 g/mol. The smallest absolute Gasteiger partial charge is 0.297 e. The average Bonchev–Trinajstić information content (AvgIpc) is 2.03. The summed E-state index contributed by atoms with van der Waals surface area (Å²) in [6, 6.07) is 0. The van der Waals surface area contributed by atoms with E-state index in [9.17, 15) is 0 Å². The Morgan fingerprint density at radius 1 is 1.36 bits per heavy atom. The number of thiocarbonyl (C=S) groups is 1. The highest BCUT2D eigenvalue weighted by Gasteiger charge is 2.18. The SMILES string of the molecule is CCO[SiH](OCC)[SiH2]C(C)OC(C)=S. The Morgan fingerprint density at radius 3 is 2.21 bits per heavy atom. The molecule has 0 saturated heterocycles. The van der Waals surface area contributed by atoms with Crippen molar-refractivity contribution < 1.29 is 13.6 Å². The summed E-state index contributed by atoms with van der Waals surface area (Å²) >= 11 is 4.89. The number of rotatable bonds is 7. The minimum atomic E-state index is -1.40. The zero-order valence-corrected chi connectivity index (χ0v) is 12.8. The van der Waals surface area contributed by atoms with Crippen molar-refractivity contribution in [2.45, 2.75) is 33.4 Å². The molecule has 0 fully saturated rings. The summed E-state index contributed by atoms with van der Waals surface area (Å²) in [5.41, 5.74) is 0.238. The Kier molecular flexibility index (Phi) is 8.69. The van der Waals surface area contributed by atoms with Crippen molar-refractivity contribution in [3.8, 4) is 0 Å². The lowest BCUT2D eigenvalue weighted by Gasteiger charge is -2.19. The minimum absolute atomic E-state index is 0.238. The van der Waals surface area contributed by atoms with Gasteiger partial charge in [-0.2, -0.15) is 0 Å². The summed E-state index contributed by atoms with van der Waals surface area (Å²) in [5.74, 6) is 0. The molecule has 84 valence electrons. The fourth-order valence-corrected chi connectivity index (χ4v) is 7.59. The monoisotopic (exact) mass is 252 g/mol. The molecule has 0 aromatic rings. The van der Waals surface area contributed by atoms with E-state index in [2.05, 4.69) is 6.92 Å². The second-order valence-electron chi connectivity index (χ2n) is 3.00. The maximum absolute atomic E-state index is 5.59. The molecule has 0 aromatic carbocycles. The molecule has 0 aliphatic rings. The van der Waals surface area contributed by atoms with E-state index in [1.807, 2.05) is 13.8 Å². The number of hydrogen-bond acceptors (Lipinski definition) is 4. The summed E-state index contributed by atoms with van der Waals surface area (Å²) in [6.07, 6.45) is 0. The van der Waals surface area contributed by atoms with E-state index >= 15 is 0 Å². The Hall–Kier alpha value is 0.244. The maximum Gasteiger partial charge on any atom is 0.297 e. The second-order valence-corrected chi connectivity index (χ2v) is 10.1. The molecule has 0 amide bonds. The predicted octanol–water partition coefficient (Wildman–Crippen LogP) is 0.655. The van der Waals surface area contributed by atoms with E-state index in [1.165, 1.54) is 0 Å². The van der Waals surface area contributed by atoms with Gasteiger partial charge < -0.3 is 13.6 Å². The van der Waals surface area contributed by atoms with E-state index < -0.39 is 17.8 Å². The van der Waals surface area contributed by atoms with Crippen LogP contribution in [0.2, 0.25) is 0 Å². The lowest BCUT2D eigenvalue weighted by atomic mass is 10.8. The highest BCUT2D eigenvalue weighted by Crippen LogP contribution is 1.96. The lowest BCUT2D eigenvalue weighted by molar-refractivity contribution is 0.226. The number of hydrogen-bond donors (Lipinski definition) is 0. The first-order chi connectivity index (χ1) is 6.60. The van der Waals surface area contributed by atoms with Crippen LogP contribution in [0.1, 0.15) is 27.7 Å². The van der Waals surface area contributed by atoms with Crippen molar-refractivity contribution in [3.63, 3.8) is 0 Å². The van der Waals surface area contributed by atoms with Crippen LogP contribution in [0.15, 0.2) is 0 Å². The van der Waals surface area contributed by atoms with Crippen molar-refractivity contribution in [1.82, 2.24) is 0 Å². The van der Waals surface area contributed by atoms with Crippen molar-refractivity contribution in [3.05, 3.63) is 0 Å². The third-order valence-electron chi connectivity index (χ3n) is 1.60. The van der Waals surface area contributed by atoms with Crippen molar-refractivity contribution in [2.24, 2.45) is 0 Å². The maximum atomic E-state index is 5.59. The van der Waals surface area contributed by atoms with Gasteiger partial charge in [-0.15, -0.1) is 0 Å². The molecule has 1 unspecified atom stereocenters. The second kappa shape index (κ2) is 8.54. The largest absolute Gasteiger partial charge is 0.489 e. The third kappa shape index (κ3) is 7.63. The summed E-state index contributed by atoms with van der Waals surface area (Å²) < 4.78 is 16.6. The molecule has 0 rings (SSSR count). The van der Waals surface area contributed by atoms with Gasteiger partial charge in [-0.3, -0.25) is 0 Å². The van der Waals surface area contributed by atoms with Crippen LogP contribution >= 0.6 is 12.2 Å². The van der Waals surface area contributed by atoms with Crippen LogP contribution in [0.5, 0.6) is 0 Å². The molecule has 0 spiro atoms. The van der Waals surface area contributed by atoms with Crippen LogP contribution in [0.4, 0.5) is 0 Å². The molecule has 0 radical (unpaired) electrons. The molecule has 0 aliphatic carbocycles. The van der Waals surface area contributed by atoms with Gasteiger partial charge in [-0.25, -0.2) is 0 Å². The first-order valence-electron chi connectivity index (χ1n) is 5.00. The van der Waals surface area contributed by atoms with Gasteiger partial charge in [0.05, 0.1) is 5.73 Å². The highest BCUT2D eigenvalue weighted by molar-refractivity contribution is 7.80. The van der Waals surface area contributed by atoms with Gasteiger partial charge >= 0.3 is 0 Å². The normalized spacial score (nSPS) is 13.8. The van der Waals surface area contributed by atoms with E-state index in [0.29, 0.717) is 5.05 Å². The molecule has 0 aliphatic heterocycles. The molecule has 6 heteroatoms.